The van der Waals surface area contributed by atoms with E-state index in [1.54, 1.807) is 0 Å². The van der Waals surface area contributed by atoms with Crippen molar-refractivity contribution in [2.75, 3.05) is 6.54 Å². The zero-order valence-electron chi connectivity index (χ0n) is 22.6. The molecule has 4 nitrogen and oxygen atoms in total. The van der Waals surface area contributed by atoms with Crippen LogP contribution in [-0.4, -0.2) is 33.2 Å². The van der Waals surface area contributed by atoms with E-state index in [9.17, 15) is 0 Å². The number of rotatable bonds is 1. The summed E-state index contributed by atoms with van der Waals surface area (Å²) in [5.41, 5.74) is 7.66. The van der Waals surface area contributed by atoms with Crippen molar-refractivity contribution in [2.45, 2.75) is 43.2 Å². The van der Waals surface area contributed by atoms with Crippen LogP contribution in [-0.2, 0) is 12.0 Å². The summed E-state index contributed by atoms with van der Waals surface area (Å²) in [6, 6.07) is 33.5. The van der Waals surface area contributed by atoms with Gasteiger partial charge in [-0.2, -0.15) is 0 Å². The molecule has 2 aliphatic heterocycles. The van der Waals surface area contributed by atoms with E-state index in [2.05, 4.69) is 59.5 Å². The fourth-order valence-electron chi connectivity index (χ4n) is 9.14. The van der Waals surface area contributed by atoms with Crippen LogP contribution in [0.25, 0.3) is 22.3 Å². The zero-order valence-corrected chi connectivity index (χ0v) is 23.3. The van der Waals surface area contributed by atoms with Gasteiger partial charge in [0.15, 0.2) is 5.78 Å². The molecule has 0 saturated carbocycles. The molecule has 3 heterocycles. The number of aromatic nitrogens is 2. The Kier molecular flexibility index (Phi) is 4.84. The number of carbonyl (C=O) groups is 1. The number of halogens is 1. The Labute approximate surface area is 244 Å². The number of nitrogens with zero attached hydrogens (tertiary/aromatic N) is 3. The number of fused-ring (bicyclic) bond motifs is 10. The Morgan fingerprint density at radius 1 is 0.805 bits per heavy atom. The number of benzene rings is 4. The van der Waals surface area contributed by atoms with Gasteiger partial charge in [0.1, 0.15) is 5.54 Å². The number of hydrogen-bond donors (Lipinski definition) is 0. The van der Waals surface area contributed by atoms with Crippen LogP contribution in [0.1, 0.15) is 57.9 Å². The molecule has 2 fully saturated rings. The number of para-hydroxylation sites is 2. The lowest BCUT2D eigenvalue weighted by molar-refractivity contribution is 0.0385. The third-order valence-corrected chi connectivity index (χ3v) is 10.7. The molecular weight excluding hydrogens is 526 g/mol. The van der Waals surface area contributed by atoms with Crippen LogP contribution in [0.4, 0.5) is 0 Å². The zero-order chi connectivity index (χ0) is 27.3. The first-order valence-electron chi connectivity index (χ1n) is 14.7. The number of aryl methyl sites for hydroxylation is 1. The van der Waals surface area contributed by atoms with Crippen molar-refractivity contribution in [3.8, 4) is 11.3 Å². The highest BCUT2D eigenvalue weighted by atomic mass is 35.5. The molecule has 200 valence electrons. The Balaban J connectivity index is 1.44. The quantitative estimate of drug-likeness (QED) is 0.214. The molecule has 0 radical (unpaired) electrons. The minimum atomic E-state index is -0.751. The van der Waals surface area contributed by atoms with E-state index >= 15 is 4.79 Å². The molecule has 5 heteroatoms. The van der Waals surface area contributed by atoms with Gasteiger partial charge in [0.25, 0.3) is 0 Å². The van der Waals surface area contributed by atoms with Gasteiger partial charge in [0, 0.05) is 28.1 Å². The lowest BCUT2D eigenvalue weighted by Gasteiger charge is -2.50. The first-order chi connectivity index (χ1) is 20.1. The predicted octanol–water partition coefficient (Wildman–Crippen LogP) is 7.58. The van der Waals surface area contributed by atoms with Crippen LogP contribution in [0.3, 0.4) is 0 Å². The van der Waals surface area contributed by atoms with Gasteiger partial charge in [0.2, 0.25) is 0 Å². The molecule has 4 atom stereocenters. The number of hydrogen-bond acceptors (Lipinski definition) is 4. The first-order valence-corrected chi connectivity index (χ1v) is 15.0. The first kappa shape index (κ1) is 23.8. The van der Waals surface area contributed by atoms with E-state index < -0.39 is 11.0 Å². The molecule has 2 saturated heterocycles. The standard InChI is InChI=1S/C36H28ClN3O/c37-24-17-15-23(16-18-24)31-30-14-7-21-40(30)36(35(31)20-19-22-8-1-2-9-25(22)34(35)41)27-11-4-3-10-26(27)32-33(36)39-29-13-6-5-12-28(29)38-32/h1-6,8-13,15-18,30-31H,7,14,19-21H2/t30-,31-,35-,36+/m1/s1. The van der Waals surface area contributed by atoms with Crippen molar-refractivity contribution in [1.29, 1.82) is 0 Å². The average molecular weight is 554 g/mol. The van der Waals surface area contributed by atoms with Gasteiger partial charge in [-0.3, -0.25) is 9.69 Å². The maximum atomic E-state index is 15.5. The summed E-state index contributed by atoms with van der Waals surface area (Å²) in [5, 5.41) is 0.716. The fraction of sp³-hybridized carbons (Fsp3) is 0.250. The minimum absolute atomic E-state index is 0.00426. The van der Waals surface area contributed by atoms with E-state index in [0.29, 0.717) is 5.02 Å². The Bertz CT molecular complexity index is 1900. The third-order valence-electron chi connectivity index (χ3n) is 10.5. The highest BCUT2D eigenvalue weighted by Crippen LogP contribution is 2.72. The highest BCUT2D eigenvalue weighted by molar-refractivity contribution is 6.30. The maximum absolute atomic E-state index is 15.5. The van der Waals surface area contributed by atoms with Gasteiger partial charge < -0.3 is 0 Å². The molecule has 2 spiro atoms. The van der Waals surface area contributed by atoms with Gasteiger partial charge in [-0.25, -0.2) is 9.97 Å². The number of Topliss-reactive ketones (excluding diaryl/α,β-unsaturated/α-hetero) is 1. The van der Waals surface area contributed by atoms with Crippen LogP contribution in [0.15, 0.2) is 97.1 Å². The molecule has 0 N–H and O–H groups in total. The van der Waals surface area contributed by atoms with E-state index in [1.807, 2.05) is 42.5 Å². The summed E-state index contributed by atoms with van der Waals surface area (Å²) in [4.78, 5) is 28.9. The van der Waals surface area contributed by atoms with Gasteiger partial charge >= 0.3 is 0 Å². The van der Waals surface area contributed by atoms with Crippen LogP contribution in [0.5, 0.6) is 0 Å². The van der Waals surface area contributed by atoms with Crippen LogP contribution in [0.2, 0.25) is 5.02 Å². The molecule has 41 heavy (non-hydrogen) atoms. The average Bonchev–Trinajstić information content (AvgIpc) is 3.66. The normalized spacial score (nSPS) is 27.8. The van der Waals surface area contributed by atoms with Crippen LogP contribution >= 0.6 is 11.6 Å². The summed E-state index contributed by atoms with van der Waals surface area (Å²) in [6.45, 7) is 0.924. The van der Waals surface area contributed by atoms with Crippen LogP contribution < -0.4 is 0 Å². The van der Waals surface area contributed by atoms with E-state index in [0.717, 1.165) is 71.3 Å². The van der Waals surface area contributed by atoms with Gasteiger partial charge in [0.05, 0.1) is 27.8 Å². The molecule has 5 aromatic rings. The lowest BCUT2D eigenvalue weighted by Crippen LogP contribution is -2.57. The fourth-order valence-corrected chi connectivity index (χ4v) is 9.27. The topological polar surface area (TPSA) is 46.1 Å². The van der Waals surface area contributed by atoms with Gasteiger partial charge in [-0.1, -0.05) is 84.4 Å². The predicted molar refractivity (Wildman–Crippen MR) is 161 cm³/mol. The summed E-state index contributed by atoms with van der Waals surface area (Å²) < 4.78 is 0. The van der Waals surface area contributed by atoms with E-state index in [1.165, 1.54) is 11.1 Å². The van der Waals surface area contributed by atoms with Crippen molar-refractivity contribution in [3.05, 3.63) is 130 Å². The van der Waals surface area contributed by atoms with E-state index in [4.69, 9.17) is 21.6 Å². The molecule has 4 aliphatic rings. The third kappa shape index (κ3) is 2.82. The van der Waals surface area contributed by atoms with Gasteiger partial charge in [-0.05, 0) is 73.2 Å². The molecule has 2 aliphatic carbocycles. The van der Waals surface area contributed by atoms with Crippen molar-refractivity contribution >= 4 is 28.4 Å². The van der Waals surface area contributed by atoms with Crippen LogP contribution in [0, 0.1) is 5.41 Å². The number of carbonyl (C=O) groups excluding carboxylic acids is 1. The monoisotopic (exact) mass is 553 g/mol. The largest absolute Gasteiger partial charge is 0.293 e. The second-order valence-corrected chi connectivity index (χ2v) is 12.5. The molecule has 0 unspecified atom stereocenters. The Hall–Kier alpha value is -3.86. The second kappa shape index (κ2) is 8.34. The summed E-state index contributed by atoms with van der Waals surface area (Å²) in [6.07, 6.45) is 3.75. The molecule has 1 aromatic heterocycles. The minimum Gasteiger partial charge on any atom is -0.293 e. The van der Waals surface area contributed by atoms with E-state index in [-0.39, 0.29) is 17.7 Å². The molecule has 0 bridgehead atoms. The van der Waals surface area contributed by atoms with Crippen molar-refractivity contribution in [2.24, 2.45) is 5.41 Å². The summed E-state index contributed by atoms with van der Waals surface area (Å²) in [7, 11) is 0. The SMILES string of the molecule is O=C1c2ccccc2CC[C@@]12[C@H](c1ccc(Cl)cc1)[C@H]1CCCN1[C@]21c2ccccc2-c2nc3ccccc3nc21. The van der Waals surface area contributed by atoms with Crippen molar-refractivity contribution < 1.29 is 4.79 Å². The van der Waals surface area contributed by atoms with Gasteiger partial charge in [-0.15, -0.1) is 0 Å². The van der Waals surface area contributed by atoms with Crippen molar-refractivity contribution in [3.63, 3.8) is 0 Å². The lowest BCUT2D eigenvalue weighted by atomic mass is 9.52. The maximum Gasteiger partial charge on any atom is 0.172 e. The molecular formula is C36H28ClN3O. The Morgan fingerprint density at radius 3 is 2.34 bits per heavy atom. The second-order valence-electron chi connectivity index (χ2n) is 12.1. The van der Waals surface area contributed by atoms with Crippen molar-refractivity contribution in [1.82, 2.24) is 14.9 Å². The Morgan fingerprint density at radius 2 is 1.51 bits per heavy atom. The number of ketones is 1. The smallest absolute Gasteiger partial charge is 0.172 e. The molecule has 4 aromatic carbocycles. The highest BCUT2D eigenvalue weighted by Gasteiger charge is 2.76. The molecule has 9 rings (SSSR count). The summed E-state index contributed by atoms with van der Waals surface area (Å²) >= 11 is 6.42. The molecule has 0 amide bonds. The summed E-state index contributed by atoms with van der Waals surface area (Å²) in [5.74, 6) is 0.238.